The van der Waals surface area contributed by atoms with Crippen LogP contribution in [-0.2, 0) is 6.54 Å². The molecule has 10 heteroatoms. The van der Waals surface area contributed by atoms with Crippen molar-refractivity contribution in [2.24, 2.45) is 0 Å². The highest BCUT2D eigenvalue weighted by atomic mass is 35.5. The van der Waals surface area contributed by atoms with Crippen molar-refractivity contribution in [3.63, 3.8) is 0 Å². The summed E-state index contributed by atoms with van der Waals surface area (Å²) in [7, 11) is 0. The van der Waals surface area contributed by atoms with Crippen molar-refractivity contribution in [2.75, 3.05) is 37.9 Å². The fourth-order valence-corrected chi connectivity index (χ4v) is 4.94. The summed E-state index contributed by atoms with van der Waals surface area (Å²) >= 11 is 6.03. The van der Waals surface area contributed by atoms with Gasteiger partial charge in [0.25, 0.3) is 11.0 Å². The van der Waals surface area contributed by atoms with E-state index in [0.29, 0.717) is 34.1 Å². The molecule has 176 valence electrons. The standard InChI is InChI=1S/C25H20ClN5O4/c26-18-2-3-19-22(11-18)31(33)21-10-17(13-27)20(12-23(21)30(19)32)29-7-5-28(6-8-29)14-16-1-4-24-25(9-16)35-15-34-24/h1-4,9-12H,5-8,14-15H2. The molecular weight excluding hydrogens is 470 g/mol. The lowest BCUT2D eigenvalue weighted by molar-refractivity contribution is -0.432. The Bertz CT molecular complexity index is 1590. The van der Waals surface area contributed by atoms with Gasteiger partial charge < -0.3 is 24.3 Å². The number of hydrogen-bond acceptors (Lipinski definition) is 7. The van der Waals surface area contributed by atoms with Crippen molar-refractivity contribution in [1.29, 1.82) is 5.26 Å². The highest BCUT2D eigenvalue weighted by Gasteiger charge is 2.24. The normalized spacial score (nSPS) is 15.6. The van der Waals surface area contributed by atoms with Crippen LogP contribution in [-0.4, -0.2) is 42.6 Å². The van der Waals surface area contributed by atoms with Gasteiger partial charge in [0.05, 0.1) is 15.7 Å². The topological polar surface area (TPSA) is 99.7 Å². The molecule has 0 amide bonds. The maximum atomic E-state index is 13.1. The number of nitrogens with zero attached hydrogens (tertiary/aromatic N) is 5. The van der Waals surface area contributed by atoms with Crippen LogP contribution in [0.5, 0.6) is 11.5 Å². The summed E-state index contributed by atoms with van der Waals surface area (Å²) < 4.78 is 12.3. The molecule has 0 aliphatic carbocycles. The minimum absolute atomic E-state index is 0.136. The van der Waals surface area contributed by atoms with Gasteiger partial charge in [0.2, 0.25) is 6.79 Å². The number of benzene rings is 3. The summed E-state index contributed by atoms with van der Waals surface area (Å²) in [4.78, 5) is 17.5. The van der Waals surface area contributed by atoms with Gasteiger partial charge in [-0.1, -0.05) is 17.7 Å². The SMILES string of the molecule is N#Cc1cc2c(cc1N1CCN(Cc3ccc4c(c3)OCO4)CC1)[n+](=O)c1ccc(Cl)cc1n2[O-]. The lowest BCUT2D eigenvalue weighted by Gasteiger charge is -2.36. The number of anilines is 1. The van der Waals surface area contributed by atoms with Gasteiger partial charge in [-0.3, -0.25) is 4.90 Å². The van der Waals surface area contributed by atoms with E-state index in [-0.39, 0.29) is 28.9 Å². The van der Waals surface area contributed by atoms with Gasteiger partial charge in [-0.15, -0.1) is 0 Å². The fraction of sp³-hybridized carbons (Fsp3) is 0.240. The van der Waals surface area contributed by atoms with Crippen molar-refractivity contribution >= 4 is 39.4 Å². The molecule has 0 spiro atoms. The number of ether oxygens (including phenoxy) is 2. The van der Waals surface area contributed by atoms with Gasteiger partial charge in [0.15, 0.2) is 11.5 Å². The summed E-state index contributed by atoms with van der Waals surface area (Å²) in [6.45, 7) is 3.97. The second-order valence-corrected chi connectivity index (χ2v) is 9.08. The van der Waals surface area contributed by atoms with E-state index in [1.54, 1.807) is 12.1 Å². The average Bonchev–Trinajstić information content (AvgIpc) is 3.35. The number of hydrogen-bond donors (Lipinski definition) is 0. The van der Waals surface area contributed by atoms with E-state index in [2.05, 4.69) is 15.9 Å². The molecular formula is C25H20ClN5O4. The van der Waals surface area contributed by atoms with E-state index in [4.69, 9.17) is 21.1 Å². The number of halogens is 1. The van der Waals surface area contributed by atoms with Crippen molar-refractivity contribution in [2.45, 2.75) is 6.54 Å². The number of aromatic nitrogens is 2. The quantitative estimate of drug-likeness (QED) is 0.320. The third kappa shape index (κ3) is 3.67. The third-order valence-electron chi connectivity index (χ3n) is 6.58. The molecule has 3 aromatic carbocycles. The molecule has 0 bridgehead atoms. The molecule has 0 N–H and O–H groups in total. The largest absolute Gasteiger partial charge is 0.805 e. The molecule has 6 rings (SSSR count). The Labute approximate surface area is 205 Å². The Morgan fingerprint density at radius 2 is 1.74 bits per heavy atom. The Morgan fingerprint density at radius 1 is 0.971 bits per heavy atom. The zero-order valence-electron chi connectivity index (χ0n) is 18.6. The van der Waals surface area contributed by atoms with Crippen LogP contribution in [0.3, 0.4) is 0 Å². The second kappa shape index (κ2) is 8.34. The van der Waals surface area contributed by atoms with E-state index >= 15 is 0 Å². The molecule has 0 radical (unpaired) electrons. The van der Waals surface area contributed by atoms with Gasteiger partial charge in [-0.25, -0.2) is 0 Å². The summed E-state index contributed by atoms with van der Waals surface area (Å²) in [6.07, 6.45) is 0. The van der Waals surface area contributed by atoms with E-state index in [1.807, 2.05) is 18.2 Å². The number of nitriles is 1. The Morgan fingerprint density at radius 3 is 2.54 bits per heavy atom. The zero-order chi connectivity index (χ0) is 24.1. The number of piperazine rings is 1. The van der Waals surface area contributed by atoms with Crippen molar-refractivity contribution in [3.8, 4) is 17.6 Å². The Hall–Kier alpha value is -4.00. The summed E-state index contributed by atoms with van der Waals surface area (Å²) in [5.41, 5.74) is 2.89. The predicted octanol–water partition coefficient (Wildman–Crippen LogP) is 3.63. The highest BCUT2D eigenvalue weighted by Crippen LogP contribution is 2.33. The molecule has 35 heavy (non-hydrogen) atoms. The number of rotatable bonds is 3. The average molecular weight is 490 g/mol. The van der Waals surface area contributed by atoms with Crippen LogP contribution in [0.4, 0.5) is 5.69 Å². The first-order chi connectivity index (χ1) is 17.0. The van der Waals surface area contributed by atoms with Crippen LogP contribution in [0.25, 0.3) is 22.1 Å². The van der Waals surface area contributed by atoms with Gasteiger partial charge in [0, 0.05) is 54.8 Å². The highest BCUT2D eigenvalue weighted by molar-refractivity contribution is 6.31. The van der Waals surface area contributed by atoms with Crippen LogP contribution >= 0.6 is 11.6 Å². The smallest absolute Gasteiger partial charge is 0.288 e. The molecule has 3 heterocycles. The maximum absolute atomic E-state index is 13.1. The van der Waals surface area contributed by atoms with Crippen LogP contribution < -0.4 is 18.8 Å². The lowest BCUT2D eigenvalue weighted by Crippen LogP contribution is -2.46. The van der Waals surface area contributed by atoms with Crippen LogP contribution in [0, 0.1) is 21.4 Å². The molecule has 1 saturated heterocycles. The first kappa shape index (κ1) is 21.5. The molecule has 1 fully saturated rings. The third-order valence-corrected chi connectivity index (χ3v) is 6.82. The lowest BCUT2D eigenvalue weighted by atomic mass is 10.1. The van der Waals surface area contributed by atoms with Crippen molar-refractivity contribution < 1.29 is 13.9 Å². The molecule has 9 nitrogen and oxygen atoms in total. The van der Waals surface area contributed by atoms with E-state index < -0.39 is 0 Å². The summed E-state index contributed by atoms with van der Waals surface area (Å²) in [5, 5.41) is 23.2. The molecule has 4 aromatic rings. The van der Waals surface area contributed by atoms with E-state index in [0.717, 1.165) is 41.1 Å². The minimum atomic E-state index is 0.136. The first-order valence-electron chi connectivity index (χ1n) is 11.2. The van der Waals surface area contributed by atoms with E-state index in [9.17, 15) is 15.4 Å². The number of fused-ring (bicyclic) bond motifs is 3. The maximum Gasteiger partial charge on any atom is 0.288 e. The fourth-order valence-electron chi connectivity index (χ4n) is 4.78. The van der Waals surface area contributed by atoms with Crippen LogP contribution in [0.2, 0.25) is 5.02 Å². The Balaban J connectivity index is 1.28. The second-order valence-electron chi connectivity index (χ2n) is 8.64. The van der Waals surface area contributed by atoms with E-state index in [1.165, 1.54) is 18.2 Å². The summed E-state index contributed by atoms with van der Waals surface area (Å²) in [5.74, 6) is 1.54. The van der Waals surface area contributed by atoms with Gasteiger partial charge in [-0.2, -0.15) is 5.26 Å². The Kier molecular flexibility index (Phi) is 5.13. The zero-order valence-corrected chi connectivity index (χ0v) is 19.4. The molecule has 1 aromatic heterocycles. The van der Waals surface area contributed by atoms with Crippen LogP contribution in [0.1, 0.15) is 11.1 Å². The van der Waals surface area contributed by atoms with Crippen molar-refractivity contribution in [1.82, 2.24) is 9.63 Å². The molecule has 0 atom stereocenters. The molecule has 2 aliphatic rings. The van der Waals surface area contributed by atoms with Gasteiger partial charge in [-0.05, 0) is 35.9 Å². The summed E-state index contributed by atoms with van der Waals surface area (Å²) in [6, 6.07) is 15.9. The van der Waals surface area contributed by atoms with Crippen molar-refractivity contribution in [3.05, 3.63) is 74.8 Å². The monoisotopic (exact) mass is 489 g/mol. The minimum Gasteiger partial charge on any atom is -0.805 e. The molecule has 2 aliphatic heterocycles. The first-order valence-corrected chi connectivity index (χ1v) is 11.6. The molecule has 0 unspecified atom stereocenters. The predicted molar refractivity (Wildman–Crippen MR) is 131 cm³/mol. The van der Waals surface area contributed by atoms with Gasteiger partial charge >= 0.3 is 0 Å². The van der Waals surface area contributed by atoms with Gasteiger partial charge in [0.1, 0.15) is 17.1 Å². The van der Waals surface area contributed by atoms with Crippen LogP contribution in [0.15, 0.2) is 48.5 Å². The molecule has 0 saturated carbocycles.